The molecular weight excluding hydrogens is 148 g/mol. The van der Waals surface area contributed by atoms with E-state index in [1.807, 2.05) is 6.92 Å². The summed E-state index contributed by atoms with van der Waals surface area (Å²) in [6, 6.07) is 0. The van der Waals surface area contributed by atoms with Crippen molar-refractivity contribution in [2.75, 3.05) is 6.54 Å². The van der Waals surface area contributed by atoms with Crippen LogP contribution < -0.4 is 11.5 Å². The maximum absolute atomic E-state index is 6.84. The Hall–Kier alpha value is -0.710. The predicted octanol–water partition coefficient (Wildman–Crippen LogP) is 0.338. The lowest BCUT2D eigenvalue weighted by Crippen LogP contribution is -2.15. The first-order valence-electron chi connectivity index (χ1n) is 2.98. The number of amidine groups is 2. The van der Waals surface area contributed by atoms with Crippen molar-refractivity contribution >= 4 is 22.1 Å². The Kier molecular flexibility index (Phi) is 4.74. The fourth-order valence-electron chi connectivity index (χ4n) is 0.367. The van der Waals surface area contributed by atoms with Gasteiger partial charge in [0.25, 0.3) is 0 Å². The minimum Gasteiger partial charge on any atom is -0.378 e. The predicted molar refractivity (Wildman–Crippen MR) is 46.3 cm³/mol. The molecule has 10 heavy (non-hydrogen) atoms. The zero-order chi connectivity index (χ0) is 7.98. The molecule has 0 saturated carbocycles. The smallest absolute Gasteiger partial charge is 0.161 e. The number of hydrogen-bond acceptors (Lipinski definition) is 3. The van der Waals surface area contributed by atoms with Gasteiger partial charge >= 0.3 is 0 Å². The number of nitrogens with zero attached hydrogens (tertiary/aromatic N) is 1. The highest BCUT2D eigenvalue weighted by atomic mass is 32.2. The molecule has 0 spiro atoms. The third-order valence-corrected chi connectivity index (χ3v) is 1.26. The number of hydrogen-bond donors (Lipinski definition) is 3. The molecule has 4 nitrogen and oxygen atoms in total. The molecule has 5 N–H and O–H groups in total. The van der Waals surface area contributed by atoms with E-state index in [0.717, 1.165) is 18.2 Å². The largest absolute Gasteiger partial charge is 0.378 e. The van der Waals surface area contributed by atoms with Gasteiger partial charge in [-0.05, 0) is 18.2 Å². The average Bonchev–Trinajstić information content (AvgIpc) is 1.82. The zero-order valence-electron chi connectivity index (χ0n) is 5.92. The molecule has 0 rings (SSSR count). The van der Waals surface area contributed by atoms with E-state index in [1.54, 1.807) is 0 Å². The van der Waals surface area contributed by atoms with Gasteiger partial charge in [0.2, 0.25) is 0 Å². The second kappa shape index (κ2) is 5.10. The van der Waals surface area contributed by atoms with Gasteiger partial charge in [-0.25, -0.2) is 0 Å². The fraction of sp³-hybridized carbons (Fsp3) is 0.600. The highest BCUT2D eigenvalue weighted by Crippen LogP contribution is 1.96. The summed E-state index contributed by atoms with van der Waals surface area (Å²) in [4.78, 5) is 3.92. The van der Waals surface area contributed by atoms with Gasteiger partial charge in [0.05, 0.1) is 0 Å². The quantitative estimate of drug-likeness (QED) is 0.402. The first-order valence-corrected chi connectivity index (χ1v) is 3.80. The van der Waals surface area contributed by atoms with Crippen molar-refractivity contribution in [1.82, 2.24) is 0 Å². The van der Waals surface area contributed by atoms with E-state index in [4.69, 9.17) is 16.9 Å². The Bertz CT molecular complexity index is 143. The lowest BCUT2D eigenvalue weighted by atomic mass is 10.5. The van der Waals surface area contributed by atoms with Crippen molar-refractivity contribution in [3.63, 3.8) is 0 Å². The molecule has 0 atom stereocenters. The molecule has 0 aromatic heterocycles. The molecular formula is C5H12N4S. The van der Waals surface area contributed by atoms with Crippen LogP contribution in [-0.4, -0.2) is 16.9 Å². The molecule has 0 unspecified atom stereocenters. The van der Waals surface area contributed by atoms with Gasteiger partial charge in [-0.3, -0.25) is 10.4 Å². The third-order valence-electron chi connectivity index (χ3n) is 0.706. The SMILES string of the molecule is CCCN=C(N)SC(=N)N. The molecule has 0 aliphatic carbocycles. The van der Waals surface area contributed by atoms with Crippen molar-refractivity contribution in [3.05, 3.63) is 0 Å². The second-order valence-corrected chi connectivity index (χ2v) is 2.75. The fourth-order valence-corrected chi connectivity index (χ4v) is 0.748. The van der Waals surface area contributed by atoms with Gasteiger partial charge in [-0.2, -0.15) is 0 Å². The summed E-state index contributed by atoms with van der Waals surface area (Å²) in [5.74, 6) is 0. The van der Waals surface area contributed by atoms with Crippen LogP contribution in [0.4, 0.5) is 0 Å². The summed E-state index contributed by atoms with van der Waals surface area (Å²) in [5.41, 5.74) is 10.4. The van der Waals surface area contributed by atoms with E-state index >= 15 is 0 Å². The van der Waals surface area contributed by atoms with Crippen molar-refractivity contribution in [2.45, 2.75) is 13.3 Å². The minimum atomic E-state index is -0.0163. The molecule has 0 fully saturated rings. The molecule has 0 aromatic carbocycles. The molecule has 0 saturated heterocycles. The summed E-state index contributed by atoms with van der Waals surface area (Å²) in [6.07, 6.45) is 0.958. The minimum absolute atomic E-state index is 0.0163. The zero-order valence-corrected chi connectivity index (χ0v) is 6.74. The van der Waals surface area contributed by atoms with Crippen LogP contribution in [0.15, 0.2) is 4.99 Å². The molecule has 0 bridgehead atoms. The van der Waals surface area contributed by atoms with Crippen molar-refractivity contribution in [2.24, 2.45) is 16.5 Å². The summed E-state index contributed by atoms with van der Waals surface area (Å²) in [6.45, 7) is 2.71. The van der Waals surface area contributed by atoms with Crippen LogP contribution in [0, 0.1) is 5.41 Å². The Balaban J connectivity index is 3.59. The van der Waals surface area contributed by atoms with E-state index in [9.17, 15) is 0 Å². The molecule has 0 radical (unpaired) electrons. The first kappa shape index (κ1) is 9.29. The standard InChI is InChI=1S/C5H12N4S/c1-2-3-9-5(8)10-4(6)7/h2-3H2,1H3,(H3,6,7)(H2,8,9). The molecule has 0 aromatic rings. The van der Waals surface area contributed by atoms with Crippen molar-refractivity contribution in [1.29, 1.82) is 5.41 Å². The lowest BCUT2D eigenvalue weighted by molar-refractivity contribution is 0.934. The van der Waals surface area contributed by atoms with E-state index in [0.29, 0.717) is 11.7 Å². The van der Waals surface area contributed by atoms with Crippen molar-refractivity contribution < 1.29 is 0 Å². The maximum Gasteiger partial charge on any atom is 0.161 e. The normalized spacial score (nSPS) is 11.5. The molecule has 0 heterocycles. The molecule has 58 valence electrons. The monoisotopic (exact) mass is 160 g/mol. The maximum atomic E-state index is 6.84. The first-order chi connectivity index (χ1) is 4.66. The molecule has 0 amide bonds. The topological polar surface area (TPSA) is 88.2 Å². The van der Waals surface area contributed by atoms with Gasteiger partial charge in [-0.1, -0.05) is 6.92 Å². The number of nitrogens with one attached hydrogen (secondary N) is 1. The van der Waals surface area contributed by atoms with Gasteiger partial charge in [0.15, 0.2) is 10.3 Å². The number of rotatable bonds is 2. The Morgan fingerprint density at radius 3 is 2.60 bits per heavy atom. The Labute approximate surface area is 64.6 Å². The third kappa shape index (κ3) is 5.43. The van der Waals surface area contributed by atoms with Crippen LogP contribution in [-0.2, 0) is 0 Å². The van der Waals surface area contributed by atoms with E-state index in [1.165, 1.54) is 0 Å². The van der Waals surface area contributed by atoms with E-state index in [-0.39, 0.29) is 5.17 Å². The number of nitrogens with two attached hydrogens (primary N) is 2. The molecule has 0 aliphatic rings. The summed E-state index contributed by atoms with van der Waals surface area (Å²) in [5, 5.41) is 7.19. The van der Waals surface area contributed by atoms with Gasteiger partial charge in [0.1, 0.15) is 0 Å². The lowest BCUT2D eigenvalue weighted by Gasteiger charge is -1.95. The van der Waals surface area contributed by atoms with Gasteiger partial charge in [-0.15, -0.1) is 0 Å². The highest BCUT2D eigenvalue weighted by Gasteiger charge is 1.93. The van der Waals surface area contributed by atoms with E-state index < -0.39 is 0 Å². The summed E-state index contributed by atoms with van der Waals surface area (Å²) >= 11 is 0.983. The van der Waals surface area contributed by atoms with Crippen molar-refractivity contribution in [3.8, 4) is 0 Å². The highest BCUT2D eigenvalue weighted by molar-refractivity contribution is 8.26. The number of aliphatic imine (C=N–C) groups is 1. The van der Waals surface area contributed by atoms with Crippen LogP contribution in [0.2, 0.25) is 0 Å². The van der Waals surface area contributed by atoms with Crippen LogP contribution in [0.25, 0.3) is 0 Å². The van der Waals surface area contributed by atoms with Crippen LogP contribution >= 0.6 is 11.8 Å². The van der Waals surface area contributed by atoms with Crippen LogP contribution in [0.1, 0.15) is 13.3 Å². The van der Waals surface area contributed by atoms with E-state index in [2.05, 4.69) is 4.99 Å². The van der Waals surface area contributed by atoms with Crippen LogP contribution in [0.5, 0.6) is 0 Å². The summed E-state index contributed by atoms with van der Waals surface area (Å²) in [7, 11) is 0. The number of thioether (sulfide) groups is 1. The van der Waals surface area contributed by atoms with Gasteiger partial charge < -0.3 is 11.5 Å². The Morgan fingerprint density at radius 2 is 2.20 bits per heavy atom. The summed E-state index contributed by atoms with van der Waals surface area (Å²) < 4.78 is 0. The second-order valence-electron chi connectivity index (χ2n) is 1.69. The Morgan fingerprint density at radius 1 is 1.60 bits per heavy atom. The molecule has 0 aliphatic heterocycles. The van der Waals surface area contributed by atoms with Gasteiger partial charge in [0, 0.05) is 6.54 Å². The molecule has 5 heteroatoms. The van der Waals surface area contributed by atoms with Crippen LogP contribution in [0.3, 0.4) is 0 Å². The average molecular weight is 160 g/mol.